The van der Waals surface area contributed by atoms with E-state index in [2.05, 4.69) is 155 Å². The second-order valence-electron chi connectivity index (χ2n) is 14.5. The highest BCUT2D eigenvalue weighted by atomic mass is 16.7. The summed E-state index contributed by atoms with van der Waals surface area (Å²) in [6.45, 7) is 7.70. The summed E-state index contributed by atoms with van der Waals surface area (Å²) in [5, 5.41) is 0. The van der Waals surface area contributed by atoms with E-state index in [1.807, 2.05) is 52.0 Å². The topological polar surface area (TPSA) is 43.4 Å². The van der Waals surface area contributed by atoms with Gasteiger partial charge in [0.05, 0.1) is 0 Å². The summed E-state index contributed by atoms with van der Waals surface area (Å²) < 4.78 is 24.1. The molecule has 266 valence electrons. The molecule has 6 heteroatoms. The molecule has 2 heterocycles. The fourth-order valence-electron chi connectivity index (χ4n) is 7.27. The molecular weight excluding hydrogens is 669 g/mol. The first-order valence-corrected chi connectivity index (χ1v) is 18.2. The Hall–Kier alpha value is -6.66. The van der Waals surface area contributed by atoms with Crippen molar-refractivity contribution >= 4 is 34.1 Å². The smallest absolute Gasteiger partial charge is 0.246 e. The lowest BCUT2D eigenvalue weighted by Gasteiger charge is -2.29. The van der Waals surface area contributed by atoms with Crippen molar-refractivity contribution < 1.29 is 18.9 Å². The molecule has 0 saturated heterocycles. The molecule has 0 saturated carbocycles. The zero-order valence-corrected chi connectivity index (χ0v) is 30.7. The normalized spacial score (nSPS) is 14.4. The number of benzene rings is 7. The van der Waals surface area contributed by atoms with Gasteiger partial charge in [0.15, 0.2) is 23.0 Å². The number of hydrogen-bond acceptors (Lipinski definition) is 6. The van der Waals surface area contributed by atoms with E-state index in [0.29, 0.717) is 0 Å². The third-order valence-electron chi connectivity index (χ3n) is 9.56. The van der Waals surface area contributed by atoms with Crippen LogP contribution in [0.3, 0.4) is 0 Å². The minimum absolute atomic E-state index is 0.684. The Morgan fingerprint density at radius 3 is 1.06 bits per heavy atom. The van der Waals surface area contributed by atoms with Gasteiger partial charge in [0.1, 0.15) is 0 Å². The molecule has 2 aliphatic heterocycles. The molecule has 0 N–H and O–H groups in total. The van der Waals surface area contributed by atoms with Crippen LogP contribution in [0.4, 0.5) is 34.1 Å². The maximum absolute atomic E-state index is 6.09. The van der Waals surface area contributed by atoms with Crippen molar-refractivity contribution in [1.82, 2.24) is 0 Å². The summed E-state index contributed by atoms with van der Waals surface area (Å²) in [6.07, 6.45) is 0. The number of hydrogen-bond donors (Lipinski definition) is 0. The first-order valence-electron chi connectivity index (χ1n) is 18.2. The van der Waals surface area contributed by atoms with E-state index in [9.17, 15) is 0 Å². The van der Waals surface area contributed by atoms with Gasteiger partial charge in [-0.05, 0) is 113 Å². The summed E-state index contributed by atoms with van der Waals surface area (Å²) in [4.78, 5) is 4.60. The molecule has 0 bridgehead atoms. The molecule has 7 aromatic rings. The molecule has 6 nitrogen and oxygen atoms in total. The second kappa shape index (κ2) is 13.1. The van der Waals surface area contributed by atoms with Crippen molar-refractivity contribution in [3.05, 3.63) is 170 Å². The molecule has 9 rings (SSSR count). The minimum Gasteiger partial charge on any atom is -0.449 e. The van der Waals surface area contributed by atoms with E-state index in [0.717, 1.165) is 79.4 Å². The van der Waals surface area contributed by atoms with Crippen molar-refractivity contribution in [3.8, 4) is 45.3 Å². The number of nitrogens with zero attached hydrogens (tertiary/aromatic N) is 2. The van der Waals surface area contributed by atoms with Gasteiger partial charge in [-0.3, -0.25) is 0 Å². The quantitative estimate of drug-likeness (QED) is 0.157. The van der Waals surface area contributed by atoms with E-state index >= 15 is 0 Å². The van der Waals surface area contributed by atoms with Gasteiger partial charge in [0.2, 0.25) is 11.6 Å². The molecule has 0 amide bonds. The number of fused-ring (bicyclic) bond motifs is 2. The van der Waals surface area contributed by atoms with Gasteiger partial charge in [0, 0.05) is 61.8 Å². The van der Waals surface area contributed by atoms with Gasteiger partial charge in [-0.2, -0.15) is 0 Å². The van der Waals surface area contributed by atoms with E-state index in [1.165, 1.54) is 0 Å². The van der Waals surface area contributed by atoms with Gasteiger partial charge >= 0.3 is 0 Å². The van der Waals surface area contributed by atoms with Gasteiger partial charge < -0.3 is 28.7 Å². The third kappa shape index (κ3) is 6.47. The van der Waals surface area contributed by atoms with Crippen LogP contribution in [0, 0.1) is 0 Å². The average molecular weight is 709 g/mol. The summed E-state index contributed by atoms with van der Waals surface area (Å²) in [5.74, 6) is 1.66. The standard InChI is InChI=1S/C48H40N2O4/c1-47(2)51-43-26-24-35(30-45(43)53-47)33-14-11-20-39(28-33)49(37-16-7-5-8-17-37)41-22-13-23-42(32-41)50(38-18-9-6-10-19-38)40-21-12-15-34(29-40)36-25-27-44-46(31-36)54-48(3,4)52-44/h5-32H,1-4H3. The lowest BCUT2D eigenvalue weighted by atomic mass is 10.0. The molecule has 0 aromatic heterocycles. The second-order valence-corrected chi connectivity index (χ2v) is 14.5. The summed E-state index contributed by atoms with van der Waals surface area (Å²) in [6, 6.07) is 59.3. The van der Waals surface area contributed by atoms with E-state index in [-0.39, 0.29) is 0 Å². The third-order valence-corrected chi connectivity index (χ3v) is 9.56. The van der Waals surface area contributed by atoms with E-state index in [1.54, 1.807) is 0 Å². The van der Waals surface area contributed by atoms with Crippen LogP contribution in [0.15, 0.2) is 170 Å². The van der Waals surface area contributed by atoms with Crippen LogP contribution in [0.1, 0.15) is 27.7 Å². The van der Waals surface area contributed by atoms with Crippen molar-refractivity contribution in [3.63, 3.8) is 0 Å². The van der Waals surface area contributed by atoms with Crippen LogP contribution in [0.5, 0.6) is 23.0 Å². The van der Waals surface area contributed by atoms with Crippen LogP contribution < -0.4 is 28.7 Å². The molecule has 0 aliphatic carbocycles. The lowest BCUT2D eigenvalue weighted by Crippen LogP contribution is -2.29. The van der Waals surface area contributed by atoms with E-state index < -0.39 is 11.6 Å². The highest BCUT2D eigenvalue weighted by molar-refractivity contribution is 5.85. The molecule has 0 radical (unpaired) electrons. The first-order chi connectivity index (χ1) is 26.2. The largest absolute Gasteiger partial charge is 0.449 e. The molecule has 2 aliphatic rings. The van der Waals surface area contributed by atoms with Crippen molar-refractivity contribution in [1.29, 1.82) is 0 Å². The highest BCUT2D eigenvalue weighted by Gasteiger charge is 2.33. The Morgan fingerprint density at radius 2 is 0.630 bits per heavy atom. The minimum atomic E-state index is -0.684. The van der Waals surface area contributed by atoms with Gasteiger partial charge in [-0.1, -0.05) is 78.9 Å². The first kappa shape index (κ1) is 33.2. The zero-order valence-electron chi connectivity index (χ0n) is 30.7. The monoisotopic (exact) mass is 708 g/mol. The van der Waals surface area contributed by atoms with Crippen molar-refractivity contribution in [2.75, 3.05) is 9.80 Å². The molecule has 7 aromatic carbocycles. The lowest BCUT2D eigenvalue weighted by molar-refractivity contribution is -0.0437. The SMILES string of the molecule is CC1(C)Oc2ccc(-c3cccc(N(c4ccccc4)c4cccc(N(c5ccccc5)c5cccc(-c6ccc7c(c6)OC(C)(C)O7)c5)c4)c3)cc2O1. The number of rotatable bonds is 8. The van der Waals surface area contributed by atoms with Crippen LogP contribution >= 0.6 is 0 Å². The van der Waals surface area contributed by atoms with Gasteiger partial charge in [-0.25, -0.2) is 0 Å². The Morgan fingerprint density at radius 1 is 0.296 bits per heavy atom. The number of para-hydroxylation sites is 2. The predicted octanol–water partition coefficient (Wildman–Crippen LogP) is 13.0. The van der Waals surface area contributed by atoms with Crippen LogP contribution in [0.2, 0.25) is 0 Å². The van der Waals surface area contributed by atoms with Crippen LogP contribution in [-0.2, 0) is 0 Å². The summed E-state index contributed by atoms with van der Waals surface area (Å²) in [7, 11) is 0. The maximum Gasteiger partial charge on any atom is 0.246 e. The number of anilines is 6. The molecule has 54 heavy (non-hydrogen) atoms. The van der Waals surface area contributed by atoms with Gasteiger partial charge in [0.25, 0.3) is 0 Å². The molecular formula is C48H40N2O4. The maximum atomic E-state index is 6.09. The van der Waals surface area contributed by atoms with Crippen molar-refractivity contribution in [2.45, 2.75) is 39.3 Å². The van der Waals surface area contributed by atoms with Crippen LogP contribution in [0.25, 0.3) is 22.3 Å². The average Bonchev–Trinajstić information content (AvgIpc) is 3.68. The van der Waals surface area contributed by atoms with Crippen molar-refractivity contribution in [2.24, 2.45) is 0 Å². The predicted molar refractivity (Wildman–Crippen MR) is 217 cm³/mol. The summed E-state index contributed by atoms with van der Waals surface area (Å²) in [5.41, 5.74) is 10.5. The fraction of sp³-hybridized carbons (Fsp3) is 0.125. The van der Waals surface area contributed by atoms with Gasteiger partial charge in [-0.15, -0.1) is 0 Å². The Bertz CT molecular complexity index is 2310. The van der Waals surface area contributed by atoms with E-state index in [4.69, 9.17) is 18.9 Å². The zero-order chi connectivity index (χ0) is 36.9. The molecule has 0 spiro atoms. The van der Waals surface area contributed by atoms with Crippen LogP contribution in [-0.4, -0.2) is 11.6 Å². The Balaban J connectivity index is 1.12. The summed E-state index contributed by atoms with van der Waals surface area (Å²) >= 11 is 0. The molecule has 0 unspecified atom stereocenters. The highest BCUT2D eigenvalue weighted by Crippen LogP contribution is 2.45. The fourth-order valence-corrected chi connectivity index (χ4v) is 7.27. The molecule has 0 fully saturated rings. The Labute approximate surface area is 316 Å². The number of ether oxygens (including phenoxy) is 4. The Kier molecular flexibility index (Phi) is 8.04. The molecule has 0 atom stereocenters.